The summed E-state index contributed by atoms with van der Waals surface area (Å²) in [6.07, 6.45) is 4.74. The van der Waals surface area contributed by atoms with Crippen LogP contribution in [-0.2, 0) is 23.9 Å². The third-order valence-corrected chi connectivity index (χ3v) is 6.69. The molecule has 2 bridgehead atoms. The van der Waals surface area contributed by atoms with E-state index in [1.54, 1.807) is 20.8 Å². The smallest absolute Gasteiger partial charge is 0.330 e. The van der Waals surface area contributed by atoms with E-state index in [2.05, 4.69) is 5.32 Å². The molecule has 0 aromatic heterocycles. The Kier molecular flexibility index (Phi) is 5.77. The van der Waals surface area contributed by atoms with Crippen LogP contribution in [0.3, 0.4) is 0 Å². The summed E-state index contributed by atoms with van der Waals surface area (Å²) in [5.41, 5.74) is 0.483. The molecule has 1 saturated carbocycles. The predicted octanol–water partition coefficient (Wildman–Crippen LogP) is 2.22. The minimum atomic E-state index is -1.12. The first-order valence-electron chi connectivity index (χ1n) is 10.9. The number of anilines is 1. The number of amides is 3. The fourth-order valence-corrected chi connectivity index (χ4v) is 5.18. The molecule has 0 radical (unpaired) electrons. The maximum Gasteiger partial charge on any atom is 0.330 e. The van der Waals surface area contributed by atoms with Crippen molar-refractivity contribution >= 4 is 35.1 Å². The second-order valence-corrected chi connectivity index (χ2v) is 9.15. The third-order valence-electron chi connectivity index (χ3n) is 6.69. The Hall–Kier alpha value is -3.56. The first-order valence-corrected chi connectivity index (χ1v) is 10.9. The van der Waals surface area contributed by atoms with Crippen LogP contribution in [0.1, 0.15) is 25.8 Å². The monoisotopic (exact) mass is 455 g/mol. The van der Waals surface area contributed by atoms with E-state index in [1.165, 1.54) is 18.2 Å². The first kappa shape index (κ1) is 22.6. The van der Waals surface area contributed by atoms with E-state index in [-0.39, 0.29) is 35.0 Å². The minimum absolute atomic E-state index is 0.0228. The zero-order valence-corrected chi connectivity index (χ0v) is 18.5. The first-order chi connectivity index (χ1) is 15.6. The molecule has 4 rings (SSSR count). The molecule has 33 heavy (non-hydrogen) atoms. The maximum atomic E-state index is 13.1. The summed E-state index contributed by atoms with van der Waals surface area (Å²) >= 11 is 0. The number of esters is 1. The van der Waals surface area contributed by atoms with Gasteiger partial charge in [0.15, 0.2) is 6.61 Å². The number of fused-ring (bicyclic) bond motifs is 5. The molecule has 1 aromatic rings. The predicted molar refractivity (Wildman–Crippen MR) is 116 cm³/mol. The molecule has 0 unspecified atom stereocenters. The van der Waals surface area contributed by atoms with Gasteiger partial charge in [0.25, 0.3) is 11.6 Å². The second kappa shape index (κ2) is 8.42. The number of rotatable bonds is 7. The molecule has 2 aliphatic carbocycles. The van der Waals surface area contributed by atoms with Crippen LogP contribution in [0.15, 0.2) is 30.4 Å². The molecule has 1 aromatic carbocycles. The molecule has 1 saturated heterocycles. The Morgan fingerprint density at radius 1 is 1.18 bits per heavy atom. The molecule has 3 amide bonds. The van der Waals surface area contributed by atoms with Crippen LogP contribution in [0, 0.1) is 46.6 Å². The number of carbonyl (C=O) groups is 4. The molecule has 5 atom stereocenters. The minimum Gasteiger partial charge on any atom is -0.454 e. The highest BCUT2D eigenvalue weighted by Gasteiger charge is 2.61. The molecule has 10 heteroatoms. The summed E-state index contributed by atoms with van der Waals surface area (Å²) in [7, 11) is 0. The number of hydrogen-bond donors (Lipinski definition) is 1. The second-order valence-electron chi connectivity index (χ2n) is 9.15. The number of nitrogens with one attached hydrogen (secondary N) is 1. The Balaban J connectivity index is 1.41. The number of nitro benzene ring substituents is 1. The molecule has 1 N–H and O–H groups in total. The zero-order chi connectivity index (χ0) is 24.0. The molecular weight excluding hydrogens is 430 g/mol. The molecule has 1 aliphatic heterocycles. The lowest BCUT2D eigenvalue weighted by atomic mass is 9.85. The van der Waals surface area contributed by atoms with E-state index in [1.807, 2.05) is 12.2 Å². The van der Waals surface area contributed by atoms with Crippen molar-refractivity contribution in [1.82, 2.24) is 4.90 Å². The van der Waals surface area contributed by atoms with Crippen LogP contribution in [0.2, 0.25) is 0 Å². The number of nitrogens with zero attached hydrogens (tertiary/aromatic N) is 2. The number of nitro groups is 1. The van der Waals surface area contributed by atoms with Crippen molar-refractivity contribution < 1.29 is 28.8 Å². The van der Waals surface area contributed by atoms with E-state index in [0.717, 1.165) is 11.3 Å². The van der Waals surface area contributed by atoms with Crippen LogP contribution >= 0.6 is 0 Å². The Morgan fingerprint density at radius 2 is 1.79 bits per heavy atom. The lowest BCUT2D eigenvalue weighted by Gasteiger charge is -2.28. The van der Waals surface area contributed by atoms with Gasteiger partial charge in [-0.05, 0) is 37.2 Å². The van der Waals surface area contributed by atoms with Crippen molar-refractivity contribution in [3.05, 3.63) is 46.0 Å². The molecule has 2 fully saturated rings. The Morgan fingerprint density at radius 3 is 2.33 bits per heavy atom. The maximum absolute atomic E-state index is 13.1. The highest BCUT2D eigenvalue weighted by atomic mass is 16.6. The van der Waals surface area contributed by atoms with Gasteiger partial charge in [0.2, 0.25) is 11.8 Å². The summed E-state index contributed by atoms with van der Waals surface area (Å²) in [5, 5.41) is 13.5. The van der Waals surface area contributed by atoms with Crippen LogP contribution in [0.25, 0.3) is 0 Å². The van der Waals surface area contributed by atoms with Crippen molar-refractivity contribution in [2.45, 2.75) is 33.2 Å². The average Bonchev–Trinajstić information content (AvgIpc) is 3.43. The van der Waals surface area contributed by atoms with E-state index in [0.29, 0.717) is 5.56 Å². The summed E-state index contributed by atoms with van der Waals surface area (Å²) < 4.78 is 5.15. The van der Waals surface area contributed by atoms with Gasteiger partial charge in [-0.1, -0.05) is 32.1 Å². The molecule has 10 nitrogen and oxygen atoms in total. The van der Waals surface area contributed by atoms with Gasteiger partial charge < -0.3 is 10.1 Å². The summed E-state index contributed by atoms with van der Waals surface area (Å²) in [6, 6.07) is 3.09. The van der Waals surface area contributed by atoms with E-state index >= 15 is 0 Å². The normalized spacial score (nSPS) is 26.0. The van der Waals surface area contributed by atoms with E-state index < -0.39 is 47.2 Å². The number of aryl methyl sites for hydroxylation is 1. The lowest BCUT2D eigenvalue weighted by Crippen LogP contribution is -2.50. The van der Waals surface area contributed by atoms with Crippen molar-refractivity contribution in [2.24, 2.45) is 29.6 Å². The van der Waals surface area contributed by atoms with Crippen LogP contribution in [0.5, 0.6) is 0 Å². The van der Waals surface area contributed by atoms with Crippen molar-refractivity contribution in [3.63, 3.8) is 0 Å². The Bertz CT molecular complexity index is 1050. The standard InChI is InChI=1S/C23H25N3O7/c1-11(2)20(25-21(28)18-13-5-6-14(8-13)19(18)22(25)29)23(30)33-10-17(27)24-15-7-4-12(3)16(9-15)26(31)32/h4-7,9,11,13-14,18-20H,8,10H2,1-3H3,(H,24,27)/t13-,14-,18-,19+,20-/m0/s1. The third kappa shape index (κ3) is 3.90. The highest BCUT2D eigenvalue weighted by molar-refractivity contribution is 6.09. The van der Waals surface area contributed by atoms with Crippen molar-refractivity contribution in [1.29, 1.82) is 0 Å². The van der Waals surface area contributed by atoms with Gasteiger partial charge in [-0.3, -0.25) is 29.4 Å². The lowest BCUT2D eigenvalue weighted by molar-refractivity contribution is -0.385. The van der Waals surface area contributed by atoms with Gasteiger partial charge in [0.05, 0.1) is 16.8 Å². The highest BCUT2D eigenvalue weighted by Crippen LogP contribution is 2.53. The molecule has 1 heterocycles. The fraction of sp³-hybridized carbons (Fsp3) is 0.478. The fourth-order valence-electron chi connectivity index (χ4n) is 5.18. The number of ether oxygens (including phenoxy) is 1. The number of allylic oxidation sites excluding steroid dienone is 2. The van der Waals surface area contributed by atoms with E-state index in [9.17, 15) is 29.3 Å². The van der Waals surface area contributed by atoms with Crippen molar-refractivity contribution in [2.75, 3.05) is 11.9 Å². The number of imide groups is 1. The molecule has 3 aliphatic rings. The summed E-state index contributed by atoms with van der Waals surface area (Å²) in [6.45, 7) is 4.34. The van der Waals surface area contributed by atoms with E-state index in [4.69, 9.17) is 4.74 Å². The number of hydrogen-bond acceptors (Lipinski definition) is 7. The SMILES string of the molecule is Cc1ccc(NC(=O)COC(=O)[C@H](C(C)C)N2C(=O)[C@@H]3[C@H](C2=O)[C@H]2C=C[C@H]3C2)cc1[N+](=O)[O-]. The van der Waals surface area contributed by atoms with Gasteiger partial charge in [-0.25, -0.2) is 4.79 Å². The van der Waals surface area contributed by atoms with Gasteiger partial charge in [0, 0.05) is 17.3 Å². The summed E-state index contributed by atoms with van der Waals surface area (Å²) in [4.78, 5) is 62.8. The largest absolute Gasteiger partial charge is 0.454 e. The van der Waals surface area contributed by atoms with Crippen molar-refractivity contribution in [3.8, 4) is 0 Å². The topological polar surface area (TPSA) is 136 Å². The molecular formula is C23H25N3O7. The molecule has 0 spiro atoms. The number of carbonyl (C=O) groups excluding carboxylic acids is 4. The van der Waals surface area contributed by atoms with Gasteiger partial charge in [-0.2, -0.15) is 0 Å². The average molecular weight is 455 g/mol. The summed E-state index contributed by atoms with van der Waals surface area (Å²) in [5.74, 6) is -3.45. The zero-order valence-electron chi connectivity index (χ0n) is 18.5. The van der Waals surface area contributed by atoms with Crippen LogP contribution in [0.4, 0.5) is 11.4 Å². The van der Waals surface area contributed by atoms with Gasteiger partial charge in [-0.15, -0.1) is 0 Å². The molecule has 174 valence electrons. The quantitative estimate of drug-likeness (QED) is 0.219. The van der Waals surface area contributed by atoms with Crippen LogP contribution < -0.4 is 5.32 Å². The number of benzene rings is 1. The Labute approximate surface area is 190 Å². The van der Waals surface area contributed by atoms with Gasteiger partial charge >= 0.3 is 5.97 Å². The number of likely N-dealkylation sites (tertiary alicyclic amines) is 1. The van der Waals surface area contributed by atoms with Crippen LogP contribution in [-0.4, -0.2) is 46.2 Å². The van der Waals surface area contributed by atoms with Gasteiger partial charge in [0.1, 0.15) is 6.04 Å².